The minimum absolute atomic E-state index is 0.229. The maximum Gasteiger partial charge on any atom is 0.123 e. The number of nitrogens with one attached hydrogen (secondary N) is 1. The molecule has 3 nitrogen and oxygen atoms in total. The number of fused-ring (bicyclic) bond motifs is 1. The Bertz CT molecular complexity index is 837. The molecule has 2 aromatic carbocycles. The van der Waals surface area contributed by atoms with Gasteiger partial charge in [-0.2, -0.15) is 0 Å². The highest BCUT2D eigenvalue weighted by Gasteiger charge is 2.27. The molecule has 1 aliphatic rings. The Morgan fingerprint density at radius 1 is 1.00 bits per heavy atom. The van der Waals surface area contributed by atoms with Crippen LogP contribution in [0.2, 0.25) is 0 Å². The molecule has 1 aliphatic heterocycles. The summed E-state index contributed by atoms with van der Waals surface area (Å²) in [7, 11) is 1.77. The summed E-state index contributed by atoms with van der Waals surface area (Å²) in [5, 5.41) is 7.22. The number of benzene rings is 2. The van der Waals surface area contributed by atoms with E-state index >= 15 is 0 Å². The SMILES string of the molecule is COc1ccccc1C(c1csc2ccccc12)N1CCCNCC1. The molecule has 1 saturated heterocycles. The number of thiophene rings is 1. The zero-order valence-corrected chi connectivity index (χ0v) is 15.4. The average molecular weight is 353 g/mol. The van der Waals surface area contributed by atoms with Gasteiger partial charge >= 0.3 is 0 Å². The first-order chi connectivity index (χ1) is 12.4. The normalized spacial score (nSPS) is 17.3. The van der Waals surface area contributed by atoms with Crippen LogP contribution >= 0.6 is 11.3 Å². The summed E-state index contributed by atoms with van der Waals surface area (Å²) < 4.78 is 7.07. The summed E-state index contributed by atoms with van der Waals surface area (Å²) >= 11 is 1.84. The molecule has 1 unspecified atom stereocenters. The number of nitrogens with zero attached hydrogens (tertiary/aromatic N) is 1. The van der Waals surface area contributed by atoms with Gasteiger partial charge in [-0.15, -0.1) is 11.3 Å². The summed E-state index contributed by atoms with van der Waals surface area (Å²) in [6.07, 6.45) is 1.17. The number of hydrogen-bond donors (Lipinski definition) is 1. The number of para-hydroxylation sites is 1. The van der Waals surface area contributed by atoms with Crippen molar-refractivity contribution in [1.29, 1.82) is 0 Å². The molecule has 130 valence electrons. The van der Waals surface area contributed by atoms with Crippen LogP contribution in [-0.2, 0) is 0 Å². The van der Waals surface area contributed by atoms with Crippen LogP contribution < -0.4 is 10.1 Å². The number of ether oxygens (including phenoxy) is 1. The Morgan fingerprint density at radius 2 is 1.84 bits per heavy atom. The van der Waals surface area contributed by atoms with Crippen LogP contribution in [0.3, 0.4) is 0 Å². The van der Waals surface area contributed by atoms with Crippen LogP contribution in [0.4, 0.5) is 0 Å². The van der Waals surface area contributed by atoms with E-state index in [0.717, 1.165) is 31.9 Å². The van der Waals surface area contributed by atoms with Gasteiger partial charge in [0.2, 0.25) is 0 Å². The zero-order valence-electron chi connectivity index (χ0n) is 14.6. The molecule has 4 rings (SSSR count). The van der Waals surface area contributed by atoms with Crippen LogP contribution in [0.1, 0.15) is 23.6 Å². The summed E-state index contributed by atoms with van der Waals surface area (Å²) in [5.74, 6) is 0.972. The maximum absolute atomic E-state index is 5.72. The van der Waals surface area contributed by atoms with Crippen LogP contribution in [0, 0.1) is 0 Å². The molecular formula is C21H24N2OS. The van der Waals surface area contributed by atoms with Crippen molar-refractivity contribution in [3.8, 4) is 5.75 Å². The molecule has 1 atom stereocenters. The van der Waals surface area contributed by atoms with Gasteiger partial charge in [0.15, 0.2) is 0 Å². The van der Waals surface area contributed by atoms with E-state index in [9.17, 15) is 0 Å². The molecule has 2 heterocycles. The van der Waals surface area contributed by atoms with E-state index in [4.69, 9.17) is 4.74 Å². The molecule has 0 bridgehead atoms. The lowest BCUT2D eigenvalue weighted by Gasteiger charge is -2.32. The van der Waals surface area contributed by atoms with Gasteiger partial charge in [0, 0.05) is 29.9 Å². The predicted molar refractivity (Wildman–Crippen MR) is 106 cm³/mol. The summed E-state index contributed by atoms with van der Waals surface area (Å²) in [4.78, 5) is 2.60. The molecule has 1 fully saturated rings. The first-order valence-electron chi connectivity index (χ1n) is 8.92. The zero-order chi connectivity index (χ0) is 17.1. The third-order valence-electron chi connectivity index (χ3n) is 4.98. The van der Waals surface area contributed by atoms with Crippen LogP contribution in [0.15, 0.2) is 53.9 Å². The first kappa shape index (κ1) is 16.6. The van der Waals surface area contributed by atoms with Crippen molar-refractivity contribution in [2.24, 2.45) is 0 Å². The second-order valence-electron chi connectivity index (χ2n) is 6.47. The van der Waals surface area contributed by atoms with Gasteiger partial charge in [-0.3, -0.25) is 4.90 Å². The topological polar surface area (TPSA) is 24.5 Å². The number of hydrogen-bond acceptors (Lipinski definition) is 4. The van der Waals surface area contributed by atoms with Crippen molar-refractivity contribution in [1.82, 2.24) is 10.2 Å². The Labute approximate surface area is 153 Å². The van der Waals surface area contributed by atoms with Gasteiger partial charge < -0.3 is 10.1 Å². The van der Waals surface area contributed by atoms with Crippen molar-refractivity contribution in [3.63, 3.8) is 0 Å². The smallest absolute Gasteiger partial charge is 0.123 e. The highest BCUT2D eigenvalue weighted by Crippen LogP contribution is 2.40. The van der Waals surface area contributed by atoms with E-state index in [-0.39, 0.29) is 6.04 Å². The van der Waals surface area contributed by atoms with Crippen LogP contribution in [0.25, 0.3) is 10.1 Å². The maximum atomic E-state index is 5.72. The standard InChI is InChI=1S/C21H24N2OS/c1-24-19-9-4-2-8-17(19)21(23-13-6-11-22-12-14-23)18-15-25-20-10-5-3-7-16(18)20/h2-5,7-10,15,21-22H,6,11-14H2,1H3. The lowest BCUT2D eigenvalue weighted by molar-refractivity contribution is 0.237. The van der Waals surface area contributed by atoms with Gasteiger partial charge in [0.1, 0.15) is 5.75 Å². The fraction of sp³-hybridized carbons (Fsp3) is 0.333. The second-order valence-corrected chi connectivity index (χ2v) is 7.38. The molecule has 0 aliphatic carbocycles. The van der Waals surface area contributed by atoms with Crippen molar-refractivity contribution < 1.29 is 4.74 Å². The second kappa shape index (κ2) is 7.56. The van der Waals surface area contributed by atoms with Crippen molar-refractivity contribution in [2.75, 3.05) is 33.3 Å². The summed E-state index contributed by atoms with van der Waals surface area (Å²) in [6.45, 7) is 4.28. The molecule has 4 heteroatoms. The lowest BCUT2D eigenvalue weighted by atomic mass is 9.95. The molecule has 1 aromatic heterocycles. The quantitative estimate of drug-likeness (QED) is 0.758. The lowest BCUT2D eigenvalue weighted by Crippen LogP contribution is -2.33. The third-order valence-corrected chi connectivity index (χ3v) is 5.96. The molecule has 0 spiro atoms. The van der Waals surface area contributed by atoms with Crippen molar-refractivity contribution in [2.45, 2.75) is 12.5 Å². The molecule has 3 aromatic rings. The Hall–Kier alpha value is -1.88. The monoisotopic (exact) mass is 352 g/mol. The average Bonchev–Trinajstić information content (AvgIpc) is 2.89. The number of methoxy groups -OCH3 is 1. The largest absolute Gasteiger partial charge is 0.496 e. The van der Waals surface area contributed by atoms with Gasteiger partial charge in [0.25, 0.3) is 0 Å². The highest BCUT2D eigenvalue weighted by atomic mass is 32.1. The Kier molecular flexibility index (Phi) is 5.02. The molecule has 1 N–H and O–H groups in total. The van der Waals surface area contributed by atoms with Gasteiger partial charge in [-0.05, 0) is 41.4 Å². The highest BCUT2D eigenvalue weighted by molar-refractivity contribution is 7.17. The molecular weight excluding hydrogens is 328 g/mol. The van der Waals surface area contributed by atoms with Gasteiger partial charge in [-0.1, -0.05) is 36.4 Å². The predicted octanol–water partition coefficient (Wildman–Crippen LogP) is 4.29. The van der Waals surface area contributed by atoms with Gasteiger partial charge in [0.05, 0.1) is 13.2 Å². The van der Waals surface area contributed by atoms with Crippen molar-refractivity contribution >= 4 is 21.4 Å². The Morgan fingerprint density at radius 3 is 2.76 bits per heavy atom. The van der Waals surface area contributed by atoms with E-state index < -0.39 is 0 Å². The Balaban J connectivity index is 1.86. The van der Waals surface area contributed by atoms with Gasteiger partial charge in [-0.25, -0.2) is 0 Å². The summed E-state index contributed by atoms with van der Waals surface area (Å²) in [5.41, 5.74) is 2.66. The van der Waals surface area contributed by atoms with E-state index in [2.05, 4.69) is 64.1 Å². The molecule has 0 amide bonds. The van der Waals surface area contributed by atoms with E-state index in [1.807, 2.05) is 11.3 Å². The van der Waals surface area contributed by atoms with Crippen LogP contribution in [-0.4, -0.2) is 38.2 Å². The number of rotatable bonds is 4. The van der Waals surface area contributed by atoms with Crippen molar-refractivity contribution in [3.05, 3.63) is 65.0 Å². The molecule has 25 heavy (non-hydrogen) atoms. The third kappa shape index (κ3) is 3.30. The molecule has 0 saturated carbocycles. The first-order valence-corrected chi connectivity index (χ1v) is 9.80. The summed E-state index contributed by atoms with van der Waals surface area (Å²) in [6, 6.07) is 17.4. The fourth-order valence-corrected chi connectivity index (χ4v) is 4.77. The van der Waals surface area contributed by atoms with Crippen LogP contribution in [0.5, 0.6) is 5.75 Å². The van der Waals surface area contributed by atoms with E-state index in [0.29, 0.717) is 0 Å². The van der Waals surface area contributed by atoms with E-state index in [1.54, 1.807) is 7.11 Å². The van der Waals surface area contributed by atoms with E-state index in [1.165, 1.54) is 27.6 Å². The minimum Gasteiger partial charge on any atom is -0.496 e. The minimum atomic E-state index is 0.229. The molecule has 0 radical (unpaired) electrons. The fourth-order valence-electron chi connectivity index (χ4n) is 3.79.